The van der Waals surface area contributed by atoms with Crippen molar-refractivity contribution in [3.8, 4) is 0 Å². The molecule has 0 aliphatic heterocycles. The summed E-state index contributed by atoms with van der Waals surface area (Å²) in [5.41, 5.74) is 1.27. The van der Waals surface area contributed by atoms with Gasteiger partial charge >= 0.3 is 0 Å². The predicted molar refractivity (Wildman–Crippen MR) is 113 cm³/mol. The Kier molecular flexibility index (Phi) is 5.40. The first kappa shape index (κ1) is 20.2. The predicted octanol–water partition coefficient (Wildman–Crippen LogP) is 4.21. The van der Waals surface area contributed by atoms with E-state index in [1.54, 1.807) is 36.4 Å². The first-order valence-electron chi connectivity index (χ1n) is 8.97. The maximum Gasteiger partial charge on any atom is 0.233 e. The zero-order valence-electron chi connectivity index (χ0n) is 15.9. The fourth-order valence-electron chi connectivity index (χ4n) is 2.93. The molecule has 2 heterocycles. The molecule has 2 aromatic heterocycles. The zero-order valence-corrected chi connectivity index (χ0v) is 17.5. The van der Waals surface area contributed by atoms with Crippen molar-refractivity contribution in [1.29, 1.82) is 0 Å². The Hall–Kier alpha value is -3.04. The maximum absolute atomic E-state index is 13.2. The zero-order chi connectivity index (χ0) is 21.3. The molecule has 0 unspecified atom stereocenters. The van der Waals surface area contributed by atoms with Gasteiger partial charge in [0.05, 0.1) is 34.3 Å². The number of aromatic nitrogens is 1. The van der Waals surface area contributed by atoms with Gasteiger partial charge in [-0.15, -0.1) is 0 Å². The molecular formula is C21H17FN2O4S2. The van der Waals surface area contributed by atoms with Crippen molar-refractivity contribution in [2.75, 3.05) is 11.2 Å². The highest BCUT2D eigenvalue weighted by atomic mass is 32.2. The summed E-state index contributed by atoms with van der Waals surface area (Å²) in [5, 5.41) is 0.430. The lowest BCUT2D eigenvalue weighted by Crippen LogP contribution is -2.31. The summed E-state index contributed by atoms with van der Waals surface area (Å²) < 4.78 is 42.9. The third kappa shape index (κ3) is 4.42. The van der Waals surface area contributed by atoms with Gasteiger partial charge in [-0.3, -0.25) is 9.69 Å². The van der Waals surface area contributed by atoms with Gasteiger partial charge < -0.3 is 4.42 Å². The lowest BCUT2D eigenvalue weighted by Gasteiger charge is -2.18. The summed E-state index contributed by atoms with van der Waals surface area (Å²) in [5.74, 6) is -0.0227. The Balaban J connectivity index is 1.69. The summed E-state index contributed by atoms with van der Waals surface area (Å²) in [6.07, 6.45) is 2.73. The van der Waals surface area contributed by atoms with Crippen LogP contribution in [0.1, 0.15) is 11.3 Å². The molecule has 6 nitrogen and oxygen atoms in total. The van der Waals surface area contributed by atoms with Crippen molar-refractivity contribution in [3.05, 3.63) is 78.0 Å². The number of sulfone groups is 1. The van der Waals surface area contributed by atoms with Crippen LogP contribution in [-0.4, -0.2) is 25.6 Å². The summed E-state index contributed by atoms with van der Waals surface area (Å²) in [7, 11) is -3.35. The normalized spacial score (nSPS) is 11.7. The van der Waals surface area contributed by atoms with Crippen LogP contribution in [0.4, 0.5) is 9.52 Å². The number of nitrogens with zero attached hydrogens (tertiary/aromatic N) is 2. The van der Waals surface area contributed by atoms with E-state index < -0.39 is 9.84 Å². The summed E-state index contributed by atoms with van der Waals surface area (Å²) in [4.78, 5) is 19.3. The number of carbonyl (C=O) groups is 1. The number of furan rings is 1. The van der Waals surface area contributed by atoms with Crippen molar-refractivity contribution in [2.24, 2.45) is 0 Å². The van der Waals surface area contributed by atoms with Gasteiger partial charge in [0.2, 0.25) is 5.91 Å². The van der Waals surface area contributed by atoms with Gasteiger partial charge in [-0.05, 0) is 48.0 Å². The number of amides is 1. The van der Waals surface area contributed by atoms with Crippen LogP contribution in [0, 0.1) is 5.82 Å². The molecule has 0 saturated carbocycles. The fourth-order valence-corrected chi connectivity index (χ4v) is 4.68. The number of rotatable bonds is 6. The van der Waals surface area contributed by atoms with Crippen LogP contribution in [0.15, 0.2) is 70.2 Å². The van der Waals surface area contributed by atoms with E-state index in [2.05, 4.69) is 4.98 Å². The van der Waals surface area contributed by atoms with Gasteiger partial charge in [-0.25, -0.2) is 17.8 Å². The van der Waals surface area contributed by atoms with Crippen LogP contribution in [0.2, 0.25) is 0 Å². The van der Waals surface area contributed by atoms with E-state index in [0.717, 1.165) is 6.26 Å². The van der Waals surface area contributed by atoms with Gasteiger partial charge in [0, 0.05) is 6.26 Å². The Bertz CT molecular complexity index is 1300. The molecule has 0 spiro atoms. The number of halogens is 1. The monoisotopic (exact) mass is 444 g/mol. The molecule has 0 atom stereocenters. The highest BCUT2D eigenvalue weighted by molar-refractivity contribution is 7.90. The van der Waals surface area contributed by atoms with E-state index in [0.29, 0.717) is 26.7 Å². The molecule has 1 amide bonds. The molecule has 154 valence electrons. The van der Waals surface area contributed by atoms with Crippen LogP contribution < -0.4 is 4.90 Å². The fraction of sp³-hybridized carbons (Fsp3) is 0.143. The summed E-state index contributed by atoms with van der Waals surface area (Å²) in [6, 6.07) is 13.9. The summed E-state index contributed by atoms with van der Waals surface area (Å²) >= 11 is 1.23. The van der Waals surface area contributed by atoms with Gasteiger partial charge in [-0.2, -0.15) is 0 Å². The molecule has 0 aliphatic carbocycles. The van der Waals surface area contributed by atoms with Crippen molar-refractivity contribution in [3.63, 3.8) is 0 Å². The van der Waals surface area contributed by atoms with Gasteiger partial charge in [-0.1, -0.05) is 23.5 Å². The number of hydrogen-bond donors (Lipinski definition) is 0. The van der Waals surface area contributed by atoms with Crippen molar-refractivity contribution < 1.29 is 22.0 Å². The second-order valence-electron chi connectivity index (χ2n) is 6.76. The van der Waals surface area contributed by atoms with E-state index in [4.69, 9.17) is 4.42 Å². The minimum atomic E-state index is -3.35. The smallest absolute Gasteiger partial charge is 0.233 e. The molecule has 0 bridgehead atoms. The lowest BCUT2D eigenvalue weighted by atomic mass is 10.1. The number of anilines is 1. The molecule has 30 heavy (non-hydrogen) atoms. The average Bonchev–Trinajstić information content (AvgIpc) is 3.35. The van der Waals surface area contributed by atoms with E-state index >= 15 is 0 Å². The van der Waals surface area contributed by atoms with Gasteiger partial charge in [0.1, 0.15) is 11.6 Å². The standard InChI is InChI=1S/C21H17FN2O4S2/c1-30(26,27)17-8-9-18-19(12-17)29-21(23-18)24(13-16-3-2-10-28-16)20(25)11-14-4-6-15(22)7-5-14/h2-10,12H,11,13H2,1H3. The number of carbonyl (C=O) groups excluding carboxylic acids is 1. The minimum Gasteiger partial charge on any atom is -0.467 e. The number of hydrogen-bond acceptors (Lipinski definition) is 6. The molecule has 2 aromatic carbocycles. The Labute approximate surface area is 176 Å². The number of thiazole rings is 1. The second kappa shape index (κ2) is 8.00. The van der Waals surface area contributed by atoms with Crippen LogP contribution in [-0.2, 0) is 27.6 Å². The van der Waals surface area contributed by atoms with E-state index in [9.17, 15) is 17.6 Å². The van der Waals surface area contributed by atoms with Crippen molar-refractivity contribution in [2.45, 2.75) is 17.9 Å². The molecule has 0 radical (unpaired) electrons. The molecule has 0 aliphatic rings. The summed E-state index contributed by atoms with van der Waals surface area (Å²) in [6.45, 7) is 0.172. The molecule has 4 rings (SSSR count). The SMILES string of the molecule is CS(=O)(=O)c1ccc2nc(N(Cc3ccco3)C(=O)Cc3ccc(F)cc3)sc2c1. The quantitative estimate of drug-likeness (QED) is 0.445. The van der Waals surface area contributed by atoms with Gasteiger partial charge in [0.15, 0.2) is 15.0 Å². The first-order valence-corrected chi connectivity index (χ1v) is 11.7. The topological polar surface area (TPSA) is 80.5 Å². The maximum atomic E-state index is 13.2. The first-order chi connectivity index (χ1) is 14.3. The van der Waals surface area contributed by atoms with Gasteiger partial charge in [0.25, 0.3) is 0 Å². The molecular weight excluding hydrogens is 427 g/mol. The third-order valence-corrected chi connectivity index (χ3v) is 6.62. The van der Waals surface area contributed by atoms with Crippen LogP contribution in [0.3, 0.4) is 0 Å². The van der Waals surface area contributed by atoms with E-state index in [1.807, 2.05) is 0 Å². The largest absolute Gasteiger partial charge is 0.467 e. The molecule has 9 heteroatoms. The Morgan fingerprint density at radius 3 is 2.60 bits per heavy atom. The molecule has 4 aromatic rings. The van der Waals surface area contributed by atoms with Crippen molar-refractivity contribution in [1.82, 2.24) is 4.98 Å². The number of fused-ring (bicyclic) bond motifs is 1. The molecule has 0 fully saturated rings. The Morgan fingerprint density at radius 2 is 1.93 bits per heavy atom. The highest BCUT2D eigenvalue weighted by Gasteiger charge is 2.22. The molecule has 0 N–H and O–H groups in total. The van der Waals surface area contributed by atoms with E-state index in [1.165, 1.54) is 40.7 Å². The average molecular weight is 445 g/mol. The van der Waals surface area contributed by atoms with Crippen molar-refractivity contribution >= 4 is 42.4 Å². The Morgan fingerprint density at radius 1 is 1.17 bits per heavy atom. The third-order valence-electron chi connectivity index (χ3n) is 4.47. The molecule has 0 saturated heterocycles. The lowest BCUT2D eigenvalue weighted by molar-refractivity contribution is -0.118. The van der Waals surface area contributed by atoms with Crippen LogP contribution >= 0.6 is 11.3 Å². The van der Waals surface area contributed by atoms with Crippen LogP contribution in [0.5, 0.6) is 0 Å². The highest BCUT2D eigenvalue weighted by Crippen LogP contribution is 2.32. The van der Waals surface area contributed by atoms with Crippen LogP contribution in [0.25, 0.3) is 10.2 Å². The van der Waals surface area contributed by atoms with E-state index in [-0.39, 0.29) is 29.6 Å². The number of benzene rings is 2. The second-order valence-corrected chi connectivity index (χ2v) is 9.79. The minimum absolute atomic E-state index is 0.0610.